The molecule has 0 atom stereocenters. The number of benzene rings is 2. The van der Waals surface area contributed by atoms with Gasteiger partial charge in [-0.1, -0.05) is 18.2 Å². The monoisotopic (exact) mass is 479 g/mol. The van der Waals surface area contributed by atoms with Gasteiger partial charge in [0.2, 0.25) is 10.0 Å². The van der Waals surface area contributed by atoms with Crippen molar-refractivity contribution in [2.75, 3.05) is 28.5 Å². The predicted molar refractivity (Wildman–Crippen MR) is 133 cm³/mol. The molecule has 1 aliphatic rings. The Morgan fingerprint density at radius 2 is 1.85 bits per heavy atom. The summed E-state index contributed by atoms with van der Waals surface area (Å²) in [5, 5.41) is 4.24. The zero-order valence-corrected chi connectivity index (χ0v) is 19.9. The molecular formula is C25H26FN5O2S. The van der Waals surface area contributed by atoms with Gasteiger partial charge in [-0.3, -0.25) is 4.31 Å². The zero-order valence-electron chi connectivity index (χ0n) is 19.1. The number of sulfonamides is 1. The van der Waals surface area contributed by atoms with Gasteiger partial charge in [0.15, 0.2) is 0 Å². The van der Waals surface area contributed by atoms with Gasteiger partial charge in [-0.25, -0.2) is 22.8 Å². The molecule has 1 N–H and O–H groups in total. The van der Waals surface area contributed by atoms with Crippen molar-refractivity contribution in [3.8, 4) is 11.3 Å². The summed E-state index contributed by atoms with van der Waals surface area (Å²) in [6.45, 7) is 5.65. The minimum Gasteiger partial charge on any atom is -0.368 e. The molecule has 0 amide bonds. The van der Waals surface area contributed by atoms with Crippen molar-refractivity contribution in [3.63, 3.8) is 0 Å². The van der Waals surface area contributed by atoms with Gasteiger partial charge >= 0.3 is 0 Å². The standard InChI is InChI=1S/C25H26FN5O2S/c1-17-4-9-22(26)25-21(17)14-18(2)30(25)12-10-27-24-15-23(28-16-29-24)19-5-7-20(8-6-19)31-11-3-13-34(31,32)33/h4-9,14-16H,3,10-13H2,1-2H3,(H,27,28,29). The molecule has 7 nitrogen and oxygen atoms in total. The van der Waals surface area contributed by atoms with E-state index in [0.717, 1.165) is 27.9 Å². The molecule has 1 saturated heterocycles. The van der Waals surface area contributed by atoms with Gasteiger partial charge in [0, 0.05) is 42.3 Å². The van der Waals surface area contributed by atoms with Gasteiger partial charge in [0.1, 0.15) is 18.0 Å². The van der Waals surface area contributed by atoms with Crippen LogP contribution in [0.25, 0.3) is 22.2 Å². The molecule has 3 heterocycles. The van der Waals surface area contributed by atoms with Crippen LogP contribution in [0.1, 0.15) is 17.7 Å². The first-order chi connectivity index (χ1) is 16.3. The van der Waals surface area contributed by atoms with Crippen LogP contribution < -0.4 is 9.62 Å². The third-order valence-corrected chi connectivity index (χ3v) is 8.16. The predicted octanol–water partition coefficient (Wildman–Crippen LogP) is 4.51. The lowest BCUT2D eigenvalue weighted by Gasteiger charge is -2.17. The van der Waals surface area contributed by atoms with Gasteiger partial charge in [-0.05, 0) is 50.1 Å². The molecule has 0 aliphatic carbocycles. The van der Waals surface area contributed by atoms with Crippen molar-refractivity contribution in [3.05, 3.63) is 71.9 Å². The number of aryl methyl sites for hydroxylation is 2. The Kier molecular flexibility index (Phi) is 5.73. The maximum absolute atomic E-state index is 14.5. The van der Waals surface area contributed by atoms with E-state index in [0.29, 0.717) is 43.1 Å². The topological polar surface area (TPSA) is 80.1 Å². The number of hydrogen-bond acceptors (Lipinski definition) is 5. The van der Waals surface area contributed by atoms with Crippen molar-refractivity contribution in [2.24, 2.45) is 0 Å². The fourth-order valence-corrected chi connectivity index (χ4v) is 6.09. The second-order valence-electron chi connectivity index (χ2n) is 8.57. The third-order valence-electron chi connectivity index (χ3n) is 6.29. The van der Waals surface area contributed by atoms with E-state index in [-0.39, 0.29) is 11.6 Å². The Balaban J connectivity index is 1.30. The summed E-state index contributed by atoms with van der Waals surface area (Å²) >= 11 is 0. The smallest absolute Gasteiger partial charge is 0.235 e. The molecule has 176 valence electrons. The van der Waals surface area contributed by atoms with Gasteiger partial charge < -0.3 is 9.88 Å². The van der Waals surface area contributed by atoms with Gasteiger partial charge in [-0.2, -0.15) is 0 Å². The Hall–Kier alpha value is -3.46. The first-order valence-electron chi connectivity index (χ1n) is 11.3. The molecule has 0 unspecified atom stereocenters. The van der Waals surface area contributed by atoms with E-state index in [2.05, 4.69) is 15.3 Å². The van der Waals surface area contributed by atoms with Crippen LogP contribution in [-0.4, -0.2) is 41.8 Å². The number of anilines is 2. The van der Waals surface area contributed by atoms with Crippen LogP contribution in [0.4, 0.5) is 15.9 Å². The number of nitrogens with one attached hydrogen (secondary N) is 1. The quantitative estimate of drug-likeness (QED) is 0.440. The molecule has 5 rings (SSSR count). The van der Waals surface area contributed by atoms with E-state index in [1.165, 1.54) is 16.7 Å². The lowest BCUT2D eigenvalue weighted by atomic mass is 10.1. The molecule has 1 aliphatic heterocycles. The molecule has 2 aromatic carbocycles. The molecule has 1 fully saturated rings. The number of halogens is 1. The van der Waals surface area contributed by atoms with Crippen LogP contribution in [0, 0.1) is 19.7 Å². The van der Waals surface area contributed by atoms with E-state index in [9.17, 15) is 12.8 Å². The molecule has 34 heavy (non-hydrogen) atoms. The average molecular weight is 480 g/mol. The molecule has 0 radical (unpaired) electrons. The van der Waals surface area contributed by atoms with Crippen molar-refractivity contribution in [1.29, 1.82) is 0 Å². The van der Waals surface area contributed by atoms with Crippen LogP contribution in [0.2, 0.25) is 0 Å². The zero-order chi connectivity index (χ0) is 23.9. The van der Waals surface area contributed by atoms with Crippen LogP contribution in [0.15, 0.2) is 54.9 Å². The Labute approximate surface area is 198 Å². The van der Waals surface area contributed by atoms with E-state index in [1.54, 1.807) is 6.07 Å². The highest BCUT2D eigenvalue weighted by atomic mass is 32.2. The largest absolute Gasteiger partial charge is 0.368 e. The first-order valence-corrected chi connectivity index (χ1v) is 12.9. The fourth-order valence-electron chi connectivity index (χ4n) is 4.53. The molecule has 9 heteroatoms. The Morgan fingerprint density at radius 1 is 1.06 bits per heavy atom. The number of fused-ring (bicyclic) bond motifs is 1. The highest BCUT2D eigenvalue weighted by molar-refractivity contribution is 7.93. The Bertz CT molecular complexity index is 1460. The van der Waals surface area contributed by atoms with Crippen LogP contribution >= 0.6 is 0 Å². The molecule has 4 aromatic rings. The molecular weight excluding hydrogens is 453 g/mol. The van der Waals surface area contributed by atoms with Gasteiger partial charge in [-0.15, -0.1) is 0 Å². The highest BCUT2D eigenvalue weighted by Gasteiger charge is 2.28. The van der Waals surface area contributed by atoms with E-state index in [1.807, 2.05) is 54.8 Å². The lowest BCUT2D eigenvalue weighted by molar-refractivity contribution is 0.599. The average Bonchev–Trinajstić information content (AvgIpc) is 3.36. The summed E-state index contributed by atoms with van der Waals surface area (Å²) in [7, 11) is -3.20. The minimum atomic E-state index is -3.20. The van der Waals surface area contributed by atoms with Crippen LogP contribution in [-0.2, 0) is 16.6 Å². The van der Waals surface area contributed by atoms with E-state index in [4.69, 9.17) is 0 Å². The van der Waals surface area contributed by atoms with Crippen molar-refractivity contribution < 1.29 is 12.8 Å². The maximum Gasteiger partial charge on any atom is 0.235 e. The summed E-state index contributed by atoms with van der Waals surface area (Å²) in [5.41, 5.74) is 4.97. The highest BCUT2D eigenvalue weighted by Crippen LogP contribution is 2.28. The van der Waals surface area contributed by atoms with Gasteiger partial charge in [0.05, 0.1) is 22.7 Å². The SMILES string of the molecule is Cc1ccc(F)c2c1cc(C)n2CCNc1cc(-c2ccc(N3CCCS3(=O)=O)cc2)ncn1. The molecule has 2 aromatic heterocycles. The first kappa shape index (κ1) is 22.3. The van der Waals surface area contributed by atoms with Crippen molar-refractivity contribution in [1.82, 2.24) is 14.5 Å². The number of rotatable bonds is 6. The summed E-state index contributed by atoms with van der Waals surface area (Å²) in [5.74, 6) is 0.644. The number of aromatic nitrogens is 3. The molecule has 0 spiro atoms. The van der Waals surface area contributed by atoms with E-state index < -0.39 is 10.0 Å². The van der Waals surface area contributed by atoms with Gasteiger partial charge in [0.25, 0.3) is 0 Å². The van der Waals surface area contributed by atoms with Crippen LogP contribution in [0.5, 0.6) is 0 Å². The van der Waals surface area contributed by atoms with Crippen LogP contribution in [0.3, 0.4) is 0 Å². The summed E-state index contributed by atoms with van der Waals surface area (Å²) in [6.07, 6.45) is 2.14. The maximum atomic E-state index is 14.5. The number of nitrogens with zero attached hydrogens (tertiary/aromatic N) is 4. The molecule has 0 saturated carbocycles. The lowest BCUT2D eigenvalue weighted by Crippen LogP contribution is -2.24. The van der Waals surface area contributed by atoms with Crippen molar-refractivity contribution in [2.45, 2.75) is 26.8 Å². The Morgan fingerprint density at radius 3 is 2.59 bits per heavy atom. The minimum absolute atomic E-state index is 0.195. The summed E-state index contributed by atoms with van der Waals surface area (Å²) in [6, 6.07) is 14.6. The fraction of sp³-hybridized carbons (Fsp3) is 0.280. The number of hydrogen-bond donors (Lipinski definition) is 1. The molecule has 0 bridgehead atoms. The second kappa shape index (κ2) is 8.72. The van der Waals surface area contributed by atoms with E-state index >= 15 is 0 Å². The normalized spacial score (nSPS) is 15.2. The summed E-state index contributed by atoms with van der Waals surface area (Å²) < 4.78 is 42.2. The second-order valence-corrected chi connectivity index (χ2v) is 10.6. The third kappa shape index (κ3) is 4.11. The van der Waals surface area contributed by atoms with Crippen molar-refractivity contribution >= 4 is 32.4 Å². The summed E-state index contributed by atoms with van der Waals surface area (Å²) in [4.78, 5) is 8.67.